The van der Waals surface area contributed by atoms with Gasteiger partial charge in [-0.3, -0.25) is 14.7 Å². The number of aliphatic imine (C=N–C) groups is 1. The predicted molar refractivity (Wildman–Crippen MR) is 139 cm³/mol. The van der Waals surface area contributed by atoms with Crippen molar-refractivity contribution in [1.82, 2.24) is 20.0 Å². The second kappa shape index (κ2) is 12.2. The van der Waals surface area contributed by atoms with Gasteiger partial charge >= 0.3 is 0 Å². The van der Waals surface area contributed by atoms with Gasteiger partial charge in [-0.05, 0) is 44.2 Å². The minimum absolute atomic E-state index is 0. The van der Waals surface area contributed by atoms with Crippen LogP contribution in [0.25, 0.3) is 0 Å². The van der Waals surface area contributed by atoms with Gasteiger partial charge in [0.2, 0.25) is 0 Å². The lowest BCUT2D eigenvalue weighted by Crippen LogP contribution is -2.55. The van der Waals surface area contributed by atoms with Crippen LogP contribution >= 0.6 is 24.0 Å². The number of nitrogens with zero attached hydrogens (tertiary/aromatic N) is 4. The van der Waals surface area contributed by atoms with Crippen molar-refractivity contribution in [3.8, 4) is 0 Å². The number of carbonyl (C=O) groups is 1. The van der Waals surface area contributed by atoms with Crippen LogP contribution in [0.1, 0.15) is 37.8 Å². The molecule has 4 rings (SSSR count). The zero-order valence-corrected chi connectivity index (χ0v) is 21.8. The molecule has 2 saturated heterocycles. The van der Waals surface area contributed by atoms with Gasteiger partial charge in [0.25, 0.3) is 5.91 Å². The lowest BCUT2D eigenvalue weighted by molar-refractivity contribution is -0.142. The van der Waals surface area contributed by atoms with E-state index in [4.69, 9.17) is 9.73 Å². The van der Waals surface area contributed by atoms with Crippen molar-refractivity contribution in [2.45, 2.75) is 51.8 Å². The highest BCUT2D eigenvalue weighted by Gasteiger charge is 2.31. The SMILES string of the molecule is CCNC(=NCC(C)N1CCc2ccccc2C1)N1CCN(C(=O)C2CCCO2)CC1.I. The molecule has 1 amide bonds. The number of rotatable bonds is 5. The number of carbonyl (C=O) groups excluding carboxylic acids is 1. The first-order valence-corrected chi connectivity index (χ1v) is 11.9. The average Bonchev–Trinajstić information content (AvgIpc) is 3.36. The van der Waals surface area contributed by atoms with E-state index < -0.39 is 0 Å². The minimum Gasteiger partial charge on any atom is -0.368 e. The molecule has 3 aliphatic heterocycles. The highest BCUT2D eigenvalue weighted by atomic mass is 127. The Labute approximate surface area is 209 Å². The van der Waals surface area contributed by atoms with E-state index in [0.29, 0.717) is 12.6 Å². The summed E-state index contributed by atoms with van der Waals surface area (Å²) in [6.07, 6.45) is 2.76. The second-order valence-electron chi connectivity index (χ2n) is 8.85. The molecule has 2 fully saturated rings. The Bertz CT molecular complexity index is 775. The van der Waals surface area contributed by atoms with Crippen LogP contribution in [0.5, 0.6) is 0 Å². The van der Waals surface area contributed by atoms with Crippen LogP contribution in [0.2, 0.25) is 0 Å². The van der Waals surface area contributed by atoms with Crippen molar-refractivity contribution >= 4 is 35.8 Å². The fraction of sp³-hybridized carbons (Fsp3) is 0.667. The number of hydrogen-bond donors (Lipinski definition) is 1. The molecule has 0 aromatic heterocycles. The van der Waals surface area contributed by atoms with Crippen LogP contribution in [-0.2, 0) is 22.5 Å². The second-order valence-corrected chi connectivity index (χ2v) is 8.85. The number of halogens is 1. The molecule has 3 aliphatic rings. The van der Waals surface area contributed by atoms with Crippen LogP contribution in [0.3, 0.4) is 0 Å². The predicted octanol–water partition coefficient (Wildman–Crippen LogP) is 2.34. The minimum atomic E-state index is -0.219. The smallest absolute Gasteiger partial charge is 0.251 e. The molecule has 3 heterocycles. The summed E-state index contributed by atoms with van der Waals surface area (Å²) in [4.78, 5) is 24.4. The first kappa shape index (κ1) is 25.2. The number of nitrogens with one attached hydrogen (secondary N) is 1. The van der Waals surface area contributed by atoms with Crippen LogP contribution in [0.15, 0.2) is 29.3 Å². The zero-order chi connectivity index (χ0) is 21.6. The molecule has 32 heavy (non-hydrogen) atoms. The Morgan fingerprint density at radius 2 is 1.88 bits per heavy atom. The van der Waals surface area contributed by atoms with Crippen molar-refractivity contribution in [1.29, 1.82) is 0 Å². The average molecular weight is 556 g/mol. The summed E-state index contributed by atoms with van der Waals surface area (Å²) in [6.45, 7) is 11.9. The number of piperazine rings is 1. The van der Waals surface area contributed by atoms with Gasteiger partial charge in [-0.1, -0.05) is 24.3 Å². The normalized spacial score (nSPS) is 22.8. The number of ether oxygens (including phenoxy) is 1. The van der Waals surface area contributed by atoms with Crippen molar-refractivity contribution in [2.75, 3.05) is 52.4 Å². The molecule has 1 N–H and O–H groups in total. The van der Waals surface area contributed by atoms with Crippen LogP contribution in [-0.4, -0.2) is 91.1 Å². The Morgan fingerprint density at radius 1 is 1.16 bits per heavy atom. The molecule has 0 radical (unpaired) electrons. The highest BCUT2D eigenvalue weighted by molar-refractivity contribution is 14.0. The number of hydrogen-bond acceptors (Lipinski definition) is 4. The van der Waals surface area contributed by atoms with E-state index in [2.05, 4.69) is 53.2 Å². The third-order valence-corrected chi connectivity index (χ3v) is 6.72. The van der Waals surface area contributed by atoms with Gasteiger partial charge in [0.1, 0.15) is 6.10 Å². The molecule has 2 atom stereocenters. The van der Waals surface area contributed by atoms with Crippen molar-refractivity contribution in [3.63, 3.8) is 0 Å². The van der Waals surface area contributed by atoms with Crippen molar-refractivity contribution in [2.24, 2.45) is 4.99 Å². The monoisotopic (exact) mass is 555 g/mol. The van der Waals surface area contributed by atoms with Crippen LogP contribution in [0, 0.1) is 0 Å². The Balaban J connectivity index is 0.00000289. The molecule has 1 aromatic rings. The molecule has 0 aliphatic carbocycles. The van der Waals surface area contributed by atoms with Gasteiger partial charge in [0.05, 0.1) is 6.54 Å². The Morgan fingerprint density at radius 3 is 2.56 bits per heavy atom. The van der Waals surface area contributed by atoms with Crippen LogP contribution in [0.4, 0.5) is 0 Å². The molecular formula is C24H38IN5O2. The van der Waals surface area contributed by atoms with Gasteiger partial charge < -0.3 is 19.9 Å². The number of fused-ring (bicyclic) bond motifs is 1. The standard InChI is InChI=1S/C24H37N5O2.HI/c1-3-25-24(28-14-12-27(13-15-28)23(30)22-9-6-16-31-22)26-17-19(2)29-11-10-20-7-4-5-8-21(20)18-29;/h4-5,7-8,19,22H,3,6,9-18H2,1-2H3,(H,25,26);1H. The topological polar surface area (TPSA) is 60.4 Å². The number of amides is 1. The fourth-order valence-corrected chi connectivity index (χ4v) is 4.77. The summed E-state index contributed by atoms with van der Waals surface area (Å²) < 4.78 is 5.58. The van der Waals surface area contributed by atoms with E-state index in [1.165, 1.54) is 11.1 Å². The van der Waals surface area contributed by atoms with Crippen molar-refractivity contribution in [3.05, 3.63) is 35.4 Å². The Hall–Kier alpha value is -1.39. The van der Waals surface area contributed by atoms with Crippen molar-refractivity contribution < 1.29 is 9.53 Å². The summed E-state index contributed by atoms with van der Waals surface area (Å²) in [5, 5.41) is 3.45. The molecule has 2 unspecified atom stereocenters. The number of benzene rings is 1. The molecule has 8 heteroatoms. The van der Waals surface area contributed by atoms with Gasteiger partial charge in [-0.15, -0.1) is 24.0 Å². The summed E-state index contributed by atoms with van der Waals surface area (Å²) in [7, 11) is 0. The maximum atomic E-state index is 12.6. The maximum Gasteiger partial charge on any atom is 0.251 e. The molecular weight excluding hydrogens is 517 g/mol. The summed E-state index contributed by atoms with van der Waals surface area (Å²) in [5.41, 5.74) is 2.93. The van der Waals surface area contributed by atoms with Gasteiger partial charge in [-0.25, -0.2) is 0 Å². The largest absolute Gasteiger partial charge is 0.368 e. The zero-order valence-electron chi connectivity index (χ0n) is 19.5. The third kappa shape index (κ3) is 6.14. The summed E-state index contributed by atoms with van der Waals surface area (Å²) >= 11 is 0. The van der Waals surface area contributed by atoms with E-state index in [0.717, 1.165) is 77.6 Å². The van der Waals surface area contributed by atoms with E-state index in [-0.39, 0.29) is 36.0 Å². The summed E-state index contributed by atoms with van der Waals surface area (Å²) in [6, 6.07) is 9.17. The first-order chi connectivity index (χ1) is 15.2. The van der Waals surface area contributed by atoms with Gasteiger partial charge in [-0.2, -0.15) is 0 Å². The molecule has 1 aromatic carbocycles. The quantitative estimate of drug-likeness (QED) is 0.344. The Kier molecular flexibility index (Phi) is 9.61. The molecule has 7 nitrogen and oxygen atoms in total. The maximum absolute atomic E-state index is 12.6. The van der Waals surface area contributed by atoms with Gasteiger partial charge in [0, 0.05) is 58.5 Å². The van der Waals surface area contributed by atoms with Gasteiger partial charge in [0.15, 0.2) is 5.96 Å². The van der Waals surface area contributed by atoms with E-state index in [1.807, 2.05) is 4.90 Å². The molecule has 178 valence electrons. The van der Waals surface area contributed by atoms with E-state index in [1.54, 1.807) is 0 Å². The van der Waals surface area contributed by atoms with Crippen LogP contribution < -0.4 is 5.32 Å². The molecule has 0 spiro atoms. The lowest BCUT2D eigenvalue weighted by Gasteiger charge is -2.38. The van der Waals surface area contributed by atoms with E-state index >= 15 is 0 Å². The fourth-order valence-electron chi connectivity index (χ4n) is 4.77. The first-order valence-electron chi connectivity index (χ1n) is 11.9. The highest BCUT2D eigenvalue weighted by Crippen LogP contribution is 2.20. The number of guanidine groups is 1. The molecule has 0 saturated carbocycles. The lowest BCUT2D eigenvalue weighted by atomic mass is 9.99. The van der Waals surface area contributed by atoms with E-state index in [9.17, 15) is 4.79 Å². The molecule has 0 bridgehead atoms. The third-order valence-electron chi connectivity index (χ3n) is 6.72. The summed E-state index contributed by atoms with van der Waals surface area (Å²) in [5.74, 6) is 1.13.